The fourth-order valence-corrected chi connectivity index (χ4v) is 1.91. The zero-order valence-electron chi connectivity index (χ0n) is 10.6. The van der Waals surface area contributed by atoms with Crippen LogP contribution in [0.15, 0.2) is 0 Å². The van der Waals surface area contributed by atoms with Crippen LogP contribution in [0.3, 0.4) is 0 Å². The van der Waals surface area contributed by atoms with Gasteiger partial charge in [0.05, 0.1) is 6.10 Å². The summed E-state index contributed by atoms with van der Waals surface area (Å²) in [5.41, 5.74) is 5.48. The Bertz CT molecular complexity index is 219. The van der Waals surface area contributed by atoms with Crippen LogP contribution in [0, 0.1) is 0 Å². The van der Waals surface area contributed by atoms with Crippen LogP contribution < -0.4 is 5.73 Å². The molecule has 2 unspecified atom stereocenters. The van der Waals surface area contributed by atoms with Crippen molar-refractivity contribution >= 4 is 18.3 Å². The van der Waals surface area contributed by atoms with Crippen LogP contribution in [0.5, 0.6) is 0 Å². The van der Waals surface area contributed by atoms with Crippen molar-refractivity contribution in [3.8, 4) is 0 Å². The molecule has 0 radical (unpaired) electrons. The molecule has 2 atom stereocenters. The fourth-order valence-electron chi connectivity index (χ4n) is 1.91. The van der Waals surface area contributed by atoms with E-state index in [4.69, 9.17) is 15.2 Å². The highest BCUT2D eigenvalue weighted by Crippen LogP contribution is 2.14. The second-order valence-corrected chi connectivity index (χ2v) is 3.97. The van der Waals surface area contributed by atoms with Gasteiger partial charge in [0.15, 0.2) is 0 Å². The third kappa shape index (κ3) is 4.79. The van der Waals surface area contributed by atoms with Gasteiger partial charge in [0.2, 0.25) is 0 Å². The molecule has 2 N–H and O–H groups in total. The Morgan fingerprint density at radius 2 is 2.35 bits per heavy atom. The van der Waals surface area contributed by atoms with Gasteiger partial charge >= 0.3 is 0 Å². The predicted octanol–water partition coefficient (Wildman–Crippen LogP) is 0.409. The molecule has 6 heteroatoms. The summed E-state index contributed by atoms with van der Waals surface area (Å²) < 4.78 is 10.6. The topological polar surface area (TPSA) is 64.8 Å². The summed E-state index contributed by atoms with van der Waals surface area (Å²) in [6.45, 7) is 4.29. The highest BCUT2D eigenvalue weighted by Gasteiger charge is 2.26. The van der Waals surface area contributed by atoms with Gasteiger partial charge in [-0.15, -0.1) is 12.4 Å². The molecule has 0 bridgehead atoms. The molecule has 1 rings (SSSR count). The SMILES string of the molecule is CCN(CC1CCCO1)C(=O)C(CN)OC.Cl. The van der Waals surface area contributed by atoms with E-state index in [2.05, 4.69) is 0 Å². The lowest BCUT2D eigenvalue weighted by Gasteiger charge is -2.27. The second kappa shape index (κ2) is 8.69. The molecule has 0 aromatic heterocycles. The van der Waals surface area contributed by atoms with Crippen molar-refractivity contribution in [1.29, 1.82) is 0 Å². The van der Waals surface area contributed by atoms with Gasteiger partial charge in [-0.2, -0.15) is 0 Å². The van der Waals surface area contributed by atoms with Gasteiger partial charge in [-0.05, 0) is 19.8 Å². The van der Waals surface area contributed by atoms with Crippen LogP contribution >= 0.6 is 12.4 Å². The van der Waals surface area contributed by atoms with Gasteiger partial charge in [-0.1, -0.05) is 0 Å². The first kappa shape index (κ1) is 16.6. The minimum atomic E-state index is -0.527. The fraction of sp³-hybridized carbons (Fsp3) is 0.909. The number of carbonyl (C=O) groups excluding carboxylic acids is 1. The molecule has 5 nitrogen and oxygen atoms in total. The van der Waals surface area contributed by atoms with E-state index >= 15 is 0 Å². The number of likely N-dealkylation sites (N-methyl/N-ethyl adjacent to an activating group) is 1. The molecule has 1 fully saturated rings. The normalized spacial score (nSPS) is 20.8. The smallest absolute Gasteiger partial charge is 0.253 e. The highest BCUT2D eigenvalue weighted by molar-refractivity contribution is 5.85. The first-order chi connectivity index (χ1) is 7.72. The Morgan fingerprint density at radius 1 is 1.65 bits per heavy atom. The van der Waals surface area contributed by atoms with Crippen LogP contribution in [-0.2, 0) is 14.3 Å². The van der Waals surface area contributed by atoms with Gasteiger partial charge in [0.1, 0.15) is 6.10 Å². The molecule has 0 aromatic carbocycles. The molecular formula is C11H23ClN2O3. The number of carbonyl (C=O) groups is 1. The molecule has 1 aliphatic rings. The first-order valence-corrected chi connectivity index (χ1v) is 5.86. The first-order valence-electron chi connectivity index (χ1n) is 5.86. The molecule has 1 saturated heterocycles. The lowest BCUT2D eigenvalue weighted by Crippen LogP contribution is -2.46. The van der Waals surface area contributed by atoms with E-state index in [0.717, 1.165) is 19.4 Å². The number of nitrogens with zero attached hydrogens (tertiary/aromatic N) is 1. The van der Waals surface area contributed by atoms with Crippen molar-refractivity contribution < 1.29 is 14.3 Å². The van der Waals surface area contributed by atoms with E-state index in [-0.39, 0.29) is 31.0 Å². The quantitative estimate of drug-likeness (QED) is 0.756. The van der Waals surface area contributed by atoms with Crippen molar-refractivity contribution in [3.63, 3.8) is 0 Å². The molecule has 102 valence electrons. The van der Waals surface area contributed by atoms with Crippen LogP contribution in [-0.4, -0.2) is 56.4 Å². The minimum absolute atomic E-state index is 0. The predicted molar refractivity (Wildman–Crippen MR) is 68.3 cm³/mol. The number of methoxy groups -OCH3 is 1. The van der Waals surface area contributed by atoms with Gasteiger partial charge in [-0.3, -0.25) is 4.79 Å². The summed E-state index contributed by atoms with van der Waals surface area (Å²) >= 11 is 0. The second-order valence-electron chi connectivity index (χ2n) is 3.97. The van der Waals surface area contributed by atoms with Crippen LogP contribution in [0.2, 0.25) is 0 Å². The van der Waals surface area contributed by atoms with Crippen molar-refractivity contribution in [2.45, 2.75) is 32.0 Å². The molecule has 0 aliphatic carbocycles. The van der Waals surface area contributed by atoms with Gasteiger partial charge in [0.25, 0.3) is 5.91 Å². The number of amides is 1. The van der Waals surface area contributed by atoms with E-state index in [0.29, 0.717) is 13.1 Å². The molecule has 1 aliphatic heterocycles. The summed E-state index contributed by atoms with van der Waals surface area (Å²) in [6, 6.07) is 0. The van der Waals surface area contributed by atoms with Gasteiger partial charge in [0, 0.05) is 33.4 Å². The van der Waals surface area contributed by atoms with Gasteiger partial charge < -0.3 is 20.1 Å². The summed E-state index contributed by atoms with van der Waals surface area (Å²) in [5.74, 6) is -0.0389. The summed E-state index contributed by atoms with van der Waals surface area (Å²) in [5, 5.41) is 0. The van der Waals surface area contributed by atoms with Crippen molar-refractivity contribution in [1.82, 2.24) is 4.90 Å². The summed E-state index contributed by atoms with van der Waals surface area (Å²) in [7, 11) is 1.51. The lowest BCUT2D eigenvalue weighted by molar-refractivity contribution is -0.142. The van der Waals surface area contributed by atoms with Crippen molar-refractivity contribution in [3.05, 3.63) is 0 Å². The van der Waals surface area contributed by atoms with E-state index in [1.165, 1.54) is 7.11 Å². The van der Waals surface area contributed by atoms with Crippen LogP contribution in [0.25, 0.3) is 0 Å². The number of nitrogens with two attached hydrogens (primary N) is 1. The maximum Gasteiger partial charge on any atom is 0.253 e. The highest BCUT2D eigenvalue weighted by atomic mass is 35.5. The summed E-state index contributed by atoms with van der Waals surface area (Å²) in [4.78, 5) is 13.8. The number of rotatable bonds is 6. The Morgan fingerprint density at radius 3 is 2.76 bits per heavy atom. The Hall–Kier alpha value is -0.360. The molecule has 0 aromatic rings. The van der Waals surface area contributed by atoms with E-state index in [1.54, 1.807) is 4.90 Å². The molecule has 0 spiro atoms. The zero-order valence-corrected chi connectivity index (χ0v) is 11.4. The standard InChI is InChI=1S/C11H22N2O3.ClH/c1-3-13(8-9-5-4-6-16-9)11(14)10(7-12)15-2;/h9-10H,3-8,12H2,1-2H3;1H. The molecule has 1 amide bonds. The largest absolute Gasteiger partial charge is 0.376 e. The molecular weight excluding hydrogens is 244 g/mol. The zero-order chi connectivity index (χ0) is 12.0. The van der Waals surface area contributed by atoms with E-state index in [9.17, 15) is 4.79 Å². The maximum absolute atomic E-state index is 12.0. The monoisotopic (exact) mass is 266 g/mol. The average molecular weight is 267 g/mol. The van der Waals surface area contributed by atoms with E-state index in [1.807, 2.05) is 6.92 Å². The number of hydrogen-bond acceptors (Lipinski definition) is 4. The minimum Gasteiger partial charge on any atom is -0.376 e. The third-order valence-corrected chi connectivity index (χ3v) is 2.92. The number of ether oxygens (including phenoxy) is 2. The van der Waals surface area contributed by atoms with Crippen molar-refractivity contribution in [2.24, 2.45) is 5.73 Å². The number of halogens is 1. The third-order valence-electron chi connectivity index (χ3n) is 2.92. The van der Waals surface area contributed by atoms with Gasteiger partial charge in [-0.25, -0.2) is 0 Å². The molecule has 0 saturated carbocycles. The Kier molecular flexibility index (Phi) is 8.51. The molecule has 1 heterocycles. The maximum atomic E-state index is 12.0. The average Bonchev–Trinajstić information content (AvgIpc) is 2.80. The molecule has 17 heavy (non-hydrogen) atoms. The van der Waals surface area contributed by atoms with E-state index < -0.39 is 6.10 Å². The van der Waals surface area contributed by atoms with Crippen LogP contribution in [0.1, 0.15) is 19.8 Å². The Balaban J connectivity index is 0.00000256. The lowest BCUT2D eigenvalue weighted by atomic mass is 10.2. The summed E-state index contributed by atoms with van der Waals surface area (Å²) in [6.07, 6.45) is 1.77. The van der Waals surface area contributed by atoms with Crippen molar-refractivity contribution in [2.75, 3.05) is 33.4 Å². The number of hydrogen-bond donors (Lipinski definition) is 1. The Labute approximate surface area is 109 Å². The van der Waals surface area contributed by atoms with Crippen LogP contribution in [0.4, 0.5) is 0 Å².